The van der Waals surface area contributed by atoms with Gasteiger partial charge in [0.15, 0.2) is 0 Å². The topological polar surface area (TPSA) is 116 Å². The minimum Gasteiger partial charge on any atom is -0.366 e. The maximum Gasteiger partial charge on any atom is 0.297 e. The van der Waals surface area contributed by atoms with Crippen LogP contribution in [0.1, 0.15) is 31.1 Å². The van der Waals surface area contributed by atoms with Crippen LogP contribution in [0.4, 0.5) is 5.69 Å². The summed E-state index contributed by atoms with van der Waals surface area (Å²) in [6.07, 6.45) is 1.48. The minimum atomic E-state index is -0.580. The van der Waals surface area contributed by atoms with E-state index >= 15 is 0 Å². The van der Waals surface area contributed by atoms with Gasteiger partial charge < -0.3 is 10.6 Å². The molecule has 31 heavy (non-hydrogen) atoms. The first kappa shape index (κ1) is 20.3. The zero-order valence-corrected chi connectivity index (χ0v) is 17.4. The van der Waals surface area contributed by atoms with E-state index < -0.39 is 17.0 Å². The van der Waals surface area contributed by atoms with Crippen molar-refractivity contribution >= 4 is 34.2 Å². The summed E-state index contributed by atoms with van der Waals surface area (Å²) < 4.78 is 3.03. The van der Waals surface area contributed by atoms with Gasteiger partial charge in [-0.15, -0.1) is 10.2 Å². The second-order valence-corrected chi connectivity index (χ2v) is 8.22. The van der Waals surface area contributed by atoms with Gasteiger partial charge in [-0.25, -0.2) is 0 Å². The van der Waals surface area contributed by atoms with Gasteiger partial charge in [0.25, 0.3) is 5.56 Å². The molecule has 158 valence electrons. The summed E-state index contributed by atoms with van der Waals surface area (Å²) in [5.74, 6) is -0.824. The Hall–Kier alpha value is -4.01. The molecule has 0 unspecified atom stereocenters. The minimum absolute atomic E-state index is 0.152. The molecule has 2 amide bonds. The molecule has 0 fully saturated rings. The average molecular weight is 418 g/mol. The zero-order valence-electron chi connectivity index (χ0n) is 17.4. The molecule has 0 aliphatic rings. The second kappa shape index (κ2) is 7.35. The highest BCUT2D eigenvalue weighted by Crippen LogP contribution is 2.25. The molecule has 2 aromatic heterocycles. The summed E-state index contributed by atoms with van der Waals surface area (Å²) in [6, 6.07) is 13.8. The summed E-state index contributed by atoms with van der Waals surface area (Å²) in [7, 11) is 0. The first-order valence-electron chi connectivity index (χ1n) is 9.72. The Balaban J connectivity index is 1.81. The Morgan fingerprint density at radius 3 is 2.29 bits per heavy atom. The molecule has 9 heteroatoms. The number of benzene rings is 2. The van der Waals surface area contributed by atoms with Crippen LogP contribution in [0.3, 0.4) is 0 Å². The van der Waals surface area contributed by atoms with E-state index in [1.54, 1.807) is 39.6 Å². The third-order valence-electron chi connectivity index (χ3n) is 5.04. The molecule has 0 bridgehead atoms. The summed E-state index contributed by atoms with van der Waals surface area (Å²) in [5.41, 5.74) is 6.78. The van der Waals surface area contributed by atoms with E-state index in [4.69, 9.17) is 5.73 Å². The number of carbonyl (C=O) groups excluding carboxylic acids is 2. The number of rotatable bonds is 4. The largest absolute Gasteiger partial charge is 0.366 e. The van der Waals surface area contributed by atoms with Gasteiger partial charge in [0.2, 0.25) is 17.5 Å². The molecule has 4 aromatic rings. The highest BCUT2D eigenvalue weighted by atomic mass is 16.2. The number of carbonyl (C=O) groups is 2. The molecule has 2 heterocycles. The third-order valence-corrected chi connectivity index (χ3v) is 5.04. The fraction of sp³-hybridized carbons (Fsp3) is 0.227. The molecule has 0 saturated carbocycles. The van der Waals surface area contributed by atoms with Crippen LogP contribution < -0.4 is 16.2 Å². The molecule has 2 aromatic carbocycles. The summed E-state index contributed by atoms with van der Waals surface area (Å²) in [6.45, 7) is 5.51. The Bertz CT molecular complexity index is 1360. The normalized spacial score (nSPS) is 11.7. The molecule has 9 nitrogen and oxygen atoms in total. The maximum absolute atomic E-state index is 13.5. The van der Waals surface area contributed by atoms with Crippen molar-refractivity contribution in [1.29, 1.82) is 0 Å². The van der Waals surface area contributed by atoms with Crippen LogP contribution in [0.15, 0.2) is 59.7 Å². The lowest BCUT2D eigenvalue weighted by Crippen LogP contribution is -2.48. The fourth-order valence-electron chi connectivity index (χ4n) is 3.73. The fourth-order valence-corrected chi connectivity index (χ4v) is 3.73. The molecule has 0 spiro atoms. The van der Waals surface area contributed by atoms with Crippen molar-refractivity contribution in [1.82, 2.24) is 19.2 Å². The van der Waals surface area contributed by atoms with Crippen molar-refractivity contribution in [2.45, 2.75) is 32.9 Å². The predicted octanol–water partition coefficient (Wildman–Crippen LogP) is 1.97. The van der Waals surface area contributed by atoms with Crippen molar-refractivity contribution in [2.24, 2.45) is 5.73 Å². The van der Waals surface area contributed by atoms with Gasteiger partial charge in [0, 0.05) is 16.8 Å². The van der Waals surface area contributed by atoms with Crippen molar-refractivity contribution in [2.75, 3.05) is 4.90 Å². The first-order valence-corrected chi connectivity index (χ1v) is 9.72. The number of hydrogen-bond acceptors (Lipinski definition) is 5. The smallest absolute Gasteiger partial charge is 0.297 e. The maximum atomic E-state index is 13.5. The van der Waals surface area contributed by atoms with Crippen LogP contribution in [0.5, 0.6) is 0 Å². The number of anilines is 1. The van der Waals surface area contributed by atoms with Crippen molar-refractivity contribution < 1.29 is 9.59 Å². The standard InChI is InChI=1S/C22H22N6O3/c1-22(2,3)28(15-10-8-14(9-11-15)19(23)30)18(29)12-26-16-6-4-5-7-17(16)27-13-24-25-20(27)21(26)31/h4-11,13H,12H2,1-3H3,(H2,23,30). The Labute approximate surface area is 177 Å². The van der Waals surface area contributed by atoms with E-state index in [-0.39, 0.29) is 18.1 Å². The number of nitrogens with two attached hydrogens (primary N) is 1. The number of primary amides is 1. The number of para-hydroxylation sites is 2. The summed E-state index contributed by atoms with van der Waals surface area (Å²) in [4.78, 5) is 39.6. The monoisotopic (exact) mass is 418 g/mol. The lowest BCUT2D eigenvalue weighted by molar-refractivity contribution is -0.120. The second-order valence-electron chi connectivity index (χ2n) is 8.22. The number of nitrogens with zero attached hydrogens (tertiary/aromatic N) is 5. The highest BCUT2D eigenvalue weighted by molar-refractivity contribution is 5.97. The predicted molar refractivity (Wildman–Crippen MR) is 117 cm³/mol. The molecule has 0 saturated heterocycles. The van der Waals surface area contributed by atoms with E-state index in [9.17, 15) is 14.4 Å². The van der Waals surface area contributed by atoms with Crippen LogP contribution in [-0.4, -0.2) is 36.5 Å². The van der Waals surface area contributed by atoms with Gasteiger partial charge >= 0.3 is 0 Å². The van der Waals surface area contributed by atoms with E-state index in [0.29, 0.717) is 16.8 Å². The number of hydrogen-bond donors (Lipinski definition) is 1. The quantitative estimate of drug-likeness (QED) is 0.544. The lowest BCUT2D eigenvalue weighted by atomic mass is 10.0. The van der Waals surface area contributed by atoms with E-state index in [1.807, 2.05) is 39.0 Å². The highest BCUT2D eigenvalue weighted by Gasteiger charge is 2.29. The summed E-state index contributed by atoms with van der Waals surface area (Å²) >= 11 is 0. The molecule has 0 aliphatic heterocycles. The lowest BCUT2D eigenvalue weighted by Gasteiger charge is -2.36. The van der Waals surface area contributed by atoms with Crippen LogP contribution in [0.2, 0.25) is 0 Å². The van der Waals surface area contributed by atoms with Crippen molar-refractivity contribution in [3.8, 4) is 0 Å². The molecule has 0 aliphatic carbocycles. The number of aromatic nitrogens is 4. The number of fused-ring (bicyclic) bond motifs is 3. The van der Waals surface area contributed by atoms with Crippen LogP contribution in [0, 0.1) is 0 Å². The average Bonchev–Trinajstić information content (AvgIpc) is 3.21. The first-order chi connectivity index (χ1) is 14.7. The van der Waals surface area contributed by atoms with Crippen LogP contribution >= 0.6 is 0 Å². The van der Waals surface area contributed by atoms with Crippen LogP contribution in [0.25, 0.3) is 16.7 Å². The van der Waals surface area contributed by atoms with Gasteiger partial charge in [0.1, 0.15) is 12.9 Å². The molecule has 0 atom stereocenters. The van der Waals surface area contributed by atoms with Gasteiger partial charge in [-0.1, -0.05) is 12.1 Å². The van der Waals surface area contributed by atoms with Gasteiger partial charge in [0.05, 0.1) is 11.0 Å². The SMILES string of the molecule is CC(C)(C)N(C(=O)Cn1c(=O)c2nncn2c2ccccc21)c1ccc(C(N)=O)cc1. The summed E-state index contributed by atoms with van der Waals surface area (Å²) in [5, 5.41) is 7.77. The number of amides is 2. The Morgan fingerprint density at radius 2 is 1.68 bits per heavy atom. The van der Waals surface area contributed by atoms with Gasteiger partial charge in [-0.05, 0) is 57.2 Å². The zero-order chi connectivity index (χ0) is 22.3. The third kappa shape index (κ3) is 3.54. The Kier molecular flexibility index (Phi) is 4.81. The van der Waals surface area contributed by atoms with Crippen LogP contribution in [-0.2, 0) is 11.3 Å². The van der Waals surface area contributed by atoms with E-state index in [1.165, 1.54) is 10.9 Å². The molecule has 2 N–H and O–H groups in total. The van der Waals surface area contributed by atoms with E-state index in [0.717, 1.165) is 5.52 Å². The van der Waals surface area contributed by atoms with E-state index in [2.05, 4.69) is 10.2 Å². The molecular weight excluding hydrogens is 396 g/mol. The molecule has 4 rings (SSSR count). The molecular formula is C22H22N6O3. The van der Waals surface area contributed by atoms with Gasteiger partial charge in [-0.3, -0.25) is 23.4 Å². The Morgan fingerprint density at radius 1 is 1.03 bits per heavy atom. The van der Waals surface area contributed by atoms with Gasteiger partial charge in [-0.2, -0.15) is 0 Å². The van der Waals surface area contributed by atoms with Crippen molar-refractivity contribution in [3.63, 3.8) is 0 Å². The molecule has 0 radical (unpaired) electrons. The van der Waals surface area contributed by atoms with Crippen molar-refractivity contribution in [3.05, 3.63) is 70.8 Å².